The molecule has 2 aromatic carbocycles. The van der Waals surface area contributed by atoms with E-state index in [4.69, 9.17) is 0 Å². The van der Waals surface area contributed by atoms with Crippen LogP contribution in [0.15, 0.2) is 60.9 Å². The van der Waals surface area contributed by atoms with E-state index < -0.39 is 0 Å². The summed E-state index contributed by atoms with van der Waals surface area (Å²) in [4.78, 5) is 17.0. The van der Waals surface area contributed by atoms with Gasteiger partial charge in [0.15, 0.2) is 0 Å². The topological polar surface area (TPSA) is 70.7 Å². The molecule has 0 aliphatic carbocycles. The summed E-state index contributed by atoms with van der Waals surface area (Å²) in [6.45, 7) is 3.43. The fourth-order valence-corrected chi connectivity index (χ4v) is 4.65. The van der Waals surface area contributed by atoms with Crippen LogP contribution in [0.1, 0.15) is 12.5 Å². The van der Waals surface area contributed by atoms with Crippen LogP contribution in [0.3, 0.4) is 0 Å². The second kappa shape index (κ2) is 6.83. The fourth-order valence-electron chi connectivity index (χ4n) is 3.56. The number of carbonyl (C=O) groups excluding carboxylic acids is 1. The lowest BCUT2D eigenvalue weighted by Gasteiger charge is -2.10. The number of aromatic nitrogens is 3. The van der Waals surface area contributed by atoms with E-state index >= 15 is 0 Å². The summed E-state index contributed by atoms with van der Waals surface area (Å²) in [6, 6.07) is 17.0. The van der Waals surface area contributed by atoms with E-state index in [0.29, 0.717) is 5.82 Å². The van der Waals surface area contributed by atoms with Crippen LogP contribution in [0.4, 0.5) is 5.82 Å². The van der Waals surface area contributed by atoms with Crippen molar-refractivity contribution in [2.45, 2.75) is 13.8 Å². The predicted octanol–water partition coefficient (Wildman–Crippen LogP) is 5.77. The van der Waals surface area contributed by atoms with E-state index in [1.807, 2.05) is 19.2 Å². The lowest BCUT2D eigenvalue weighted by molar-refractivity contribution is -0.114. The van der Waals surface area contributed by atoms with Gasteiger partial charge in [-0.25, -0.2) is 4.98 Å². The molecule has 5 nitrogen and oxygen atoms in total. The van der Waals surface area contributed by atoms with Crippen molar-refractivity contribution in [2.75, 3.05) is 5.32 Å². The Hall–Kier alpha value is -3.51. The number of hydrogen-bond donors (Lipinski definition) is 2. The van der Waals surface area contributed by atoms with Crippen LogP contribution in [0, 0.1) is 6.92 Å². The van der Waals surface area contributed by atoms with Crippen molar-refractivity contribution in [1.82, 2.24) is 15.2 Å². The molecular weight excluding hydrogens is 380 g/mol. The number of benzene rings is 2. The molecule has 0 atom stereocenters. The zero-order valence-corrected chi connectivity index (χ0v) is 16.8. The van der Waals surface area contributed by atoms with Crippen molar-refractivity contribution in [1.29, 1.82) is 0 Å². The number of anilines is 1. The molecule has 5 aromatic rings. The highest BCUT2D eigenvalue weighted by atomic mass is 32.1. The third-order valence-corrected chi connectivity index (χ3v) is 6.10. The van der Waals surface area contributed by atoms with Gasteiger partial charge in [0.05, 0.1) is 11.7 Å². The van der Waals surface area contributed by atoms with Crippen LogP contribution < -0.4 is 5.32 Å². The summed E-state index contributed by atoms with van der Waals surface area (Å²) in [5.41, 5.74) is 5.14. The molecule has 1 amide bonds. The number of amides is 1. The van der Waals surface area contributed by atoms with Crippen molar-refractivity contribution < 1.29 is 4.79 Å². The Bertz CT molecular complexity index is 1350. The number of aryl methyl sites for hydroxylation is 1. The molecule has 29 heavy (non-hydrogen) atoms. The molecule has 0 fully saturated rings. The standard InChI is InChI=1S/C23H18N4OS/c1-13-7-17(11-24-23(13)26-14(2)28)16-8-18-12-25-27-22(18)19(9-16)21-10-15-5-3-4-6-20(15)29-21/h3-12H,1-2H3,(H,25,27)(H,24,26,28). The molecule has 0 aliphatic rings. The van der Waals surface area contributed by atoms with Crippen molar-refractivity contribution >= 4 is 44.1 Å². The number of pyridine rings is 1. The van der Waals surface area contributed by atoms with E-state index in [2.05, 4.69) is 63.0 Å². The maximum absolute atomic E-state index is 11.4. The Labute approximate surface area is 171 Å². The molecule has 0 saturated heterocycles. The molecule has 2 N–H and O–H groups in total. The number of rotatable bonds is 3. The van der Waals surface area contributed by atoms with E-state index in [0.717, 1.165) is 33.2 Å². The van der Waals surface area contributed by atoms with Gasteiger partial charge >= 0.3 is 0 Å². The normalized spacial score (nSPS) is 11.2. The lowest BCUT2D eigenvalue weighted by Crippen LogP contribution is -2.08. The number of thiophene rings is 1. The van der Waals surface area contributed by atoms with Crippen molar-refractivity contribution in [3.8, 4) is 21.6 Å². The predicted molar refractivity (Wildman–Crippen MR) is 119 cm³/mol. The summed E-state index contributed by atoms with van der Waals surface area (Å²) in [7, 11) is 0. The Balaban J connectivity index is 1.66. The first-order valence-electron chi connectivity index (χ1n) is 9.29. The third kappa shape index (κ3) is 3.17. The van der Waals surface area contributed by atoms with Crippen LogP contribution in [0.25, 0.3) is 42.6 Å². The van der Waals surface area contributed by atoms with Crippen molar-refractivity contribution in [3.63, 3.8) is 0 Å². The summed E-state index contributed by atoms with van der Waals surface area (Å²) in [5.74, 6) is 0.468. The van der Waals surface area contributed by atoms with Gasteiger partial charge in [0.1, 0.15) is 5.82 Å². The van der Waals surface area contributed by atoms with Crippen LogP contribution in [-0.4, -0.2) is 21.1 Å². The molecule has 3 heterocycles. The van der Waals surface area contributed by atoms with Gasteiger partial charge < -0.3 is 5.32 Å². The number of H-pyrrole nitrogens is 1. The maximum atomic E-state index is 11.4. The maximum Gasteiger partial charge on any atom is 0.222 e. The average molecular weight is 398 g/mol. The van der Waals surface area contributed by atoms with Gasteiger partial charge in [-0.1, -0.05) is 18.2 Å². The molecule has 5 rings (SSSR count). The van der Waals surface area contributed by atoms with Crippen LogP contribution >= 0.6 is 11.3 Å². The monoisotopic (exact) mass is 398 g/mol. The van der Waals surface area contributed by atoms with Crippen LogP contribution in [0.5, 0.6) is 0 Å². The van der Waals surface area contributed by atoms with E-state index in [9.17, 15) is 4.79 Å². The number of carbonyl (C=O) groups is 1. The number of nitrogens with zero attached hydrogens (tertiary/aromatic N) is 2. The summed E-state index contributed by atoms with van der Waals surface area (Å²) in [6.07, 6.45) is 3.65. The smallest absolute Gasteiger partial charge is 0.222 e. The molecule has 0 radical (unpaired) electrons. The zero-order chi connectivity index (χ0) is 20.0. The first-order chi connectivity index (χ1) is 14.1. The van der Waals surface area contributed by atoms with Crippen LogP contribution in [-0.2, 0) is 4.79 Å². The van der Waals surface area contributed by atoms with E-state index in [1.54, 1.807) is 17.5 Å². The molecule has 6 heteroatoms. The SMILES string of the molecule is CC(=O)Nc1ncc(-c2cc(-c3cc4ccccc4s3)c3[nH]ncc3c2)cc1C. The fraction of sp³-hybridized carbons (Fsp3) is 0.0870. The molecule has 0 bridgehead atoms. The van der Waals surface area contributed by atoms with Gasteiger partial charge in [0.2, 0.25) is 5.91 Å². The van der Waals surface area contributed by atoms with Gasteiger partial charge in [-0.15, -0.1) is 11.3 Å². The Morgan fingerprint density at radius 3 is 2.69 bits per heavy atom. The second-order valence-corrected chi connectivity index (χ2v) is 8.16. The highest BCUT2D eigenvalue weighted by Gasteiger charge is 2.13. The lowest BCUT2D eigenvalue weighted by atomic mass is 9.99. The second-order valence-electron chi connectivity index (χ2n) is 7.08. The number of fused-ring (bicyclic) bond motifs is 2. The van der Waals surface area contributed by atoms with Crippen molar-refractivity contribution in [3.05, 3.63) is 66.5 Å². The minimum absolute atomic E-state index is 0.125. The van der Waals surface area contributed by atoms with Gasteiger partial charge in [-0.3, -0.25) is 9.89 Å². The molecule has 142 valence electrons. The Kier molecular flexibility index (Phi) is 4.14. The highest BCUT2D eigenvalue weighted by molar-refractivity contribution is 7.22. The summed E-state index contributed by atoms with van der Waals surface area (Å²) < 4.78 is 1.26. The van der Waals surface area contributed by atoms with E-state index in [1.165, 1.54) is 21.9 Å². The van der Waals surface area contributed by atoms with Gasteiger partial charge in [-0.05, 0) is 53.8 Å². The first kappa shape index (κ1) is 17.6. The first-order valence-corrected chi connectivity index (χ1v) is 10.1. The summed E-state index contributed by atoms with van der Waals surface area (Å²) in [5, 5.41) is 12.5. The van der Waals surface area contributed by atoms with Crippen LogP contribution in [0.2, 0.25) is 0 Å². The summed E-state index contributed by atoms with van der Waals surface area (Å²) >= 11 is 1.77. The van der Waals surface area contributed by atoms with Crippen molar-refractivity contribution in [2.24, 2.45) is 0 Å². The Morgan fingerprint density at radius 1 is 1.03 bits per heavy atom. The van der Waals surface area contributed by atoms with Gasteiger partial charge in [0.25, 0.3) is 0 Å². The van der Waals surface area contributed by atoms with E-state index in [-0.39, 0.29) is 5.91 Å². The zero-order valence-electron chi connectivity index (χ0n) is 16.0. The largest absolute Gasteiger partial charge is 0.311 e. The molecule has 0 spiro atoms. The Morgan fingerprint density at radius 2 is 1.90 bits per heavy atom. The minimum Gasteiger partial charge on any atom is -0.311 e. The van der Waals surface area contributed by atoms with Gasteiger partial charge in [-0.2, -0.15) is 5.10 Å². The molecule has 0 unspecified atom stereocenters. The number of aromatic amines is 1. The van der Waals surface area contributed by atoms with Gasteiger partial charge in [0, 0.05) is 39.2 Å². The molecular formula is C23H18N4OS. The number of hydrogen-bond acceptors (Lipinski definition) is 4. The average Bonchev–Trinajstić information content (AvgIpc) is 3.35. The quantitative estimate of drug-likeness (QED) is 0.405. The molecule has 3 aromatic heterocycles. The third-order valence-electron chi connectivity index (χ3n) is 4.95. The highest BCUT2D eigenvalue weighted by Crippen LogP contribution is 2.39. The molecule has 0 saturated carbocycles. The molecule has 0 aliphatic heterocycles. The minimum atomic E-state index is -0.125. The number of nitrogens with one attached hydrogen (secondary N) is 2.